The normalized spacial score (nSPS) is 11.2. The molecule has 0 spiro atoms. The van der Waals surface area contributed by atoms with Crippen LogP contribution in [0.15, 0.2) is 12.1 Å². The Morgan fingerprint density at radius 3 is 2.68 bits per heavy atom. The Balaban J connectivity index is 1.95. The Morgan fingerprint density at radius 1 is 1.26 bits per heavy atom. The molecule has 0 radical (unpaired) electrons. The summed E-state index contributed by atoms with van der Waals surface area (Å²) in [6, 6.07) is 4.32. The summed E-state index contributed by atoms with van der Waals surface area (Å²) in [5, 5.41) is 16.9. The average molecular weight is 279 g/mol. The van der Waals surface area contributed by atoms with E-state index in [1.54, 1.807) is 0 Å². The summed E-state index contributed by atoms with van der Waals surface area (Å²) in [6.45, 7) is 8.61. The van der Waals surface area contributed by atoms with Crippen molar-refractivity contribution in [3.05, 3.63) is 38.8 Å². The molecule has 2 rings (SSSR count). The largest absolute Gasteiger partial charge is 0.394 e. The van der Waals surface area contributed by atoms with E-state index < -0.39 is 0 Å². The topological polar surface area (TPSA) is 50.1 Å². The molecule has 2 N–H and O–H groups in total. The number of thiophene rings is 1. The smallest absolute Gasteiger partial charge is 0.0644 e. The van der Waals surface area contributed by atoms with Crippen LogP contribution in [0.4, 0.5) is 0 Å². The number of nitrogens with one attached hydrogen (secondary N) is 1. The van der Waals surface area contributed by atoms with E-state index >= 15 is 0 Å². The highest BCUT2D eigenvalue weighted by Gasteiger charge is 2.10. The van der Waals surface area contributed by atoms with Gasteiger partial charge in [-0.05, 0) is 32.9 Å². The van der Waals surface area contributed by atoms with E-state index in [1.165, 1.54) is 15.3 Å². The van der Waals surface area contributed by atoms with Gasteiger partial charge in [0.25, 0.3) is 0 Å². The van der Waals surface area contributed by atoms with Crippen molar-refractivity contribution < 1.29 is 5.11 Å². The third kappa shape index (κ3) is 3.43. The Hall–Kier alpha value is -1.17. The van der Waals surface area contributed by atoms with E-state index in [4.69, 9.17) is 5.11 Å². The van der Waals surface area contributed by atoms with Gasteiger partial charge in [0, 0.05) is 34.1 Å². The fourth-order valence-corrected chi connectivity index (χ4v) is 3.05. The van der Waals surface area contributed by atoms with Gasteiger partial charge in [0.05, 0.1) is 18.8 Å². The van der Waals surface area contributed by atoms with Crippen molar-refractivity contribution in [3.63, 3.8) is 0 Å². The first-order chi connectivity index (χ1) is 9.11. The lowest BCUT2D eigenvalue weighted by atomic mass is 10.2. The number of aryl methyl sites for hydroxylation is 2. The molecule has 4 nitrogen and oxygen atoms in total. The number of hydrogen-bond acceptors (Lipinski definition) is 4. The van der Waals surface area contributed by atoms with Crippen LogP contribution < -0.4 is 5.32 Å². The van der Waals surface area contributed by atoms with Crippen LogP contribution in [0.5, 0.6) is 0 Å². The summed E-state index contributed by atoms with van der Waals surface area (Å²) in [5.74, 6) is 0. The van der Waals surface area contributed by atoms with Crippen LogP contribution in [0.25, 0.3) is 0 Å². The number of aromatic nitrogens is 2. The Labute approximate surface area is 118 Å². The molecule has 0 aromatic carbocycles. The molecule has 0 aliphatic carbocycles. The predicted molar refractivity (Wildman–Crippen MR) is 78.4 cm³/mol. The predicted octanol–water partition coefficient (Wildman–Crippen LogP) is 2.15. The van der Waals surface area contributed by atoms with Crippen LogP contribution in [-0.2, 0) is 19.6 Å². The molecule has 0 aliphatic heterocycles. The molecule has 5 heteroatoms. The van der Waals surface area contributed by atoms with Gasteiger partial charge in [-0.15, -0.1) is 11.3 Å². The van der Waals surface area contributed by atoms with Gasteiger partial charge in [-0.25, -0.2) is 0 Å². The minimum Gasteiger partial charge on any atom is -0.394 e. The second-order valence-electron chi connectivity index (χ2n) is 4.71. The molecule has 104 valence electrons. The second kappa shape index (κ2) is 6.32. The van der Waals surface area contributed by atoms with Crippen LogP contribution >= 0.6 is 11.3 Å². The fraction of sp³-hybridized carbons (Fsp3) is 0.500. The zero-order chi connectivity index (χ0) is 13.8. The number of nitrogens with zero attached hydrogens (tertiary/aromatic N) is 2. The standard InChI is InChI=1S/C14H21N3OS/c1-10-4-5-13(19-10)8-15-9-14-11(2)16-17(6-7-18)12(14)3/h4-5,15,18H,6-9H2,1-3H3. The molecule has 0 amide bonds. The molecule has 0 saturated heterocycles. The van der Waals surface area contributed by atoms with Crippen LogP contribution in [-0.4, -0.2) is 21.5 Å². The lowest BCUT2D eigenvalue weighted by molar-refractivity contribution is 0.267. The average Bonchev–Trinajstić information content (AvgIpc) is 2.89. The van der Waals surface area contributed by atoms with Crippen molar-refractivity contribution in [3.8, 4) is 0 Å². The minimum absolute atomic E-state index is 0.128. The summed E-state index contributed by atoms with van der Waals surface area (Å²) in [6.07, 6.45) is 0. The fourth-order valence-electron chi connectivity index (χ4n) is 2.19. The molecule has 2 aromatic heterocycles. The number of rotatable bonds is 6. The second-order valence-corrected chi connectivity index (χ2v) is 6.08. The van der Waals surface area contributed by atoms with Crippen LogP contribution in [0, 0.1) is 20.8 Å². The van der Waals surface area contributed by atoms with Gasteiger partial charge < -0.3 is 10.4 Å². The Kier molecular flexibility index (Phi) is 4.74. The first-order valence-corrected chi connectivity index (χ1v) is 7.33. The van der Waals surface area contributed by atoms with Crippen LogP contribution in [0.1, 0.15) is 26.7 Å². The molecule has 19 heavy (non-hydrogen) atoms. The van der Waals surface area contributed by atoms with Crippen molar-refractivity contribution in [2.45, 2.75) is 40.4 Å². The van der Waals surface area contributed by atoms with E-state index in [0.29, 0.717) is 6.54 Å². The number of aliphatic hydroxyl groups is 1. The lowest BCUT2D eigenvalue weighted by Crippen LogP contribution is -2.13. The van der Waals surface area contributed by atoms with Gasteiger partial charge in [0.15, 0.2) is 0 Å². The third-order valence-corrected chi connectivity index (χ3v) is 4.24. The van der Waals surface area contributed by atoms with Gasteiger partial charge in [-0.1, -0.05) is 0 Å². The molecule has 2 aromatic rings. The van der Waals surface area contributed by atoms with Crippen molar-refractivity contribution in [2.24, 2.45) is 0 Å². The molecule has 0 atom stereocenters. The summed E-state index contributed by atoms with van der Waals surface area (Å²) < 4.78 is 1.88. The van der Waals surface area contributed by atoms with Crippen molar-refractivity contribution >= 4 is 11.3 Å². The van der Waals surface area contributed by atoms with Crippen LogP contribution in [0.3, 0.4) is 0 Å². The summed E-state index contributed by atoms with van der Waals surface area (Å²) in [4.78, 5) is 2.70. The lowest BCUT2D eigenvalue weighted by Gasteiger charge is -2.05. The Bertz CT molecular complexity index is 545. The van der Waals surface area contributed by atoms with Gasteiger partial charge in [-0.3, -0.25) is 4.68 Å². The number of aliphatic hydroxyl groups excluding tert-OH is 1. The van der Waals surface area contributed by atoms with E-state index in [0.717, 1.165) is 24.5 Å². The molecule has 2 heterocycles. The Morgan fingerprint density at radius 2 is 2.05 bits per heavy atom. The highest BCUT2D eigenvalue weighted by Crippen LogP contribution is 2.16. The van der Waals surface area contributed by atoms with E-state index in [1.807, 2.05) is 22.9 Å². The van der Waals surface area contributed by atoms with Gasteiger partial charge >= 0.3 is 0 Å². The first kappa shape index (κ1) is 14.2. The van der Waals surface area contributed by atoms with E-state index in [9.17, 15) is 0 Å². The summed E-state index contributed by atoms with van der Waals surface area (Å²) in [5.41, 5.74) is 3.42. The highest BCUT2D eigenvalue weighted by molar-refractivity contribution is 7.11. The molecular weight excluding hydrogens is 258 g/mol. The zero-order valence-electron chi connectivity index (χ0n) is 11.7. The highest BCUT2D eigenvalue weighted by atomic mass is 32.1. The molecular formula is C14H21N3OS. The van der Waals surface area contributed by atoms with Crippen LogP contribution in [0.2, 0.25) is 0 Å². The third-order valence-electron chi connectivity index (χ3n) is 3.24. The minimum atomic E-state index is 0.128. The maximum absolute atomic E-state index is 9.00. The quantitative estimate of drug-likeness (QED) is 0.852. The zero-order valence-corrected chi connectivity index (χ0v) is 12.5. The molecule has 0 saturated carbocycles. The maximum Gasteiger partial charge on any atom is 0.0644 e. The van der Waals surface area contributed by atoms with Gasteiger partial charge in [0.1, 0.15) is 0 Å². The van der Waals surface area contributed by atoms with Gasteiger partial charge in [0.2, 0.25) is 0 Å². The number of hydrogen-bond donors (Lipinski definition) is 2. The van der Waals surface area contributed by atoms with Crippen molar-refractivity contribution in [1.82, 2.24) is 15.1 Å². The van der Waals surface area contributed by atoms with Crippen molar-refractivity contribution in [1.29, 1.82) is 0 Å². The SMILES string of the molecule is Cc1ccc(CNCc2c(C)nn(CCO)c2C)s1. The molecule has 0 aliphatic rings. The summed E-state index contributed by atoms with van der Waals surface area (Å²) >= 11 is 1.83. The first-order valence-electron chi connectivity index (χ1n) is 6.51. The maximum atomic E-state index is 9.00. The van der Waals surface area contributed by atoms with Gasteiger partial charge in [-0.2, -0.15) is 5.10 Å². The monoisotopic (exact) mass is 279 g/mol. The summed E-state index contributed by atoms with van der Waals surface area (Å²) in [7, 11) is 0. The van der Waals surface area contributed by atoms with E-state index in [-0.39, 0.29) is 6.61 Å². The van der Waals surface area contributed by atoms with E-state index in [2.05, 4.69) is 36.4 Å². The molecule has 0 fully saturated rings. The molecule has 0 bridgehead atoms. The van der Waals surface area contributed by atoms with Crippen molar-refractivity contribution in [2.75, 3.05) is 6.61 Å². The molecule has 0 unspecified atom stereocenters.